The lowest BCUT2D eigenvalue weighted by Gasteiger charge is -2.54. The minimum absolute atomic E-state index is 0.158. The summed E-state index contributed by atoms with van der Waals surface area (Å²) in [6, 6.07) is 13.6. The van der Waals surface area contributed by atoms with Gasteiger partial charge in [0.15, 0.2) is 17.8 Å². The molecule has 0 saturated carbocycles. The van der Waals surface area contributed by atoms with Gasteiger partial charge in [-0.3, -0.25) is 28.7 Å². The van der Waals surface area contributed by atoms with Crippen molar-refractivity contribution in [2.75, 3.05) is 18.9 Å². The van der Waals surface area contributed by atoms with Crippen molar-refractivity contribution < 1.29 is 37.8 Å². The first kappa shape index (κ1) is 24.0. The number of benzene rings is 2. The normalized spacial score (nSPS) is 23.0. The van der Waals surface area contributed by atoms with Gasteiger partial charge in [0, 0.05) is 12.1 Å². The summed E-state index contributed by atoms with van der Waals surface area (Å²) in [5.74, 6) is -3.32. The third-order valence-corrected chi connectivity index (χ3v) is 7.15. The van der Waals surface area contributed by atoms with Gasteiger partial charge < -0.3 is 19.7 Å². The average molecular weight is 501 g/mol. The van der Waals surface area contributed by atoms with Crippen LogP contribution >= 0.6 is 0 Å². The van der Waals surface area contributed by atoms with E-state index in [1.807, 2.05) is 0 Å². The van der Waals surface area contributed by atoms with Crippen molar-refractivity contribution in [2.24, 2.45) is 0 Å². The fraction of sp³-hybridized carbons (Fsp3) is 0.273. The molecule has 2 fully saturated rings. The van der Waals surface area contributed by atoms with E-state index < -0.39 is 56.8 Å². The van der Waals surface area contributed by atoms with Crippen LogP contribution < -0.4 is 10.1 Å². The van der Waals surface area contributed by atoms with Crippen molar-refractivity contribution in [1.29, 1.82) is 0 Å². The van der Waals surface area contributed by atoms with E-state index in [0.717, 1.165) is 4.90 Å². The molecule has 2 aromatic carbocycles. The molecule has 2 saturated heterocycles. The Morgan fingerprint density at radius 2 is 1.83 bits per heavy atom. The largest absolute Gasteiger partial charge is 0.484 e. The van der Waals surface area contributed by atoms with Crippen LogP contribution in [0, 0.1) is 10.1 Å². The maximum atomic E-state index is 13.1. The summed E-state index contributed by atoms with van der Waals surface area (Å²) in [6.45, 7) is -1.23. The van der Waals surface area contributed by atoms with Gasteiger partial charge in [-0.2, -0.15) is 0 Å². The number of β-lactam (4-membered cyclic amide) rings is 1. The summed E-state index contributed by atoms with van der Waals surface area (Å²) in [5, 5.41) is 11.9. The van der Waals surface area contributed by atoms with E-state index in [4.69, 9.17) is 9.47 Å². The van der Waals surface area contributed by atoms with Gasteiger partial charge >= 0.3 is 5.97 Å². The molecule has 2 aliphatic rings. The predicted molar refractivity (Wildman–Crippen MR) is 119 cm³/mol. The number of Topliss-reactive ketones (excluding diaryl/α,β-unsaturated/α-hetero) is 1. The van der Waals surface area contributed by atoms with Crippen molar-refractivity contribution >= 4 is 40.1 Å². The van der Waals surface area contributed by atoms with Gasteiger partial charge in [-0.15, -0.1) is 0 Å². The molecule has 0 spiro atoms. The van der Waals surface area contributed by atoms with E-state index in [9.17, 15) is 33.5 Å². The summed E-state index contributed by atoms with van der Waals surface area (Å²) < 4.78 is 23.3. The summed E-state index contributed by atoms with van der Waals surface area (Å²) in [4.78, 5) is 61.8. The third-order valence-electron chi connectivity index (χ3n) is 5.44. The zero-order chi connectivity index (χ0) is 25.2. The van der Waals surface area contributed by atoms with Crippen LogP contribution in [0.15, 0.2) is 54.6 Å². The molecule has 1 N–H and O–H groups in total. The van der Waals surface area contributed by atoms with Crippen LogP contribution in [0.25, 0.3) is 0 Å². The minimum Gasteiger partial charge on any atom is -0.484 e. The zero-order valence-electron chi connectivity index (χ0n) is 18.1. The van der Waals surface area contributed by atoms with Gasteiger partial charge in [0.1, 0.15) is 12.4 Å². The number of carbonyl (C=O) groups is 4. The van der Waals surface area contributed by atoms with Crippen LogP contribution in [-0.4, -0.2) is 67.4 Å². The molecule has 0 aromatic heterocycles. The molecule has 13 heteroatoms. The Morgan fingerprint density at radius 1 is 1.14 bits per heavy atom. The number of carbonyl (C=O) groups excluding carboxylic acids is 4. The van der Waals surface area contributed by atoms with Crippen LogP contribution in [0.3, 0.4) is 0 Å². The minimum atomic E-state index is -2.29. The standard InChI is InChI=1S/C22H19N3O9S/c26-16-10-24-19(28)22(20(24)35(32)13-16,23-18(27)12-33-17-4-2-1-3-5-17)21(29)34-11-14-6-8-15(9-7-14)25(30)31/h1-9,20H,10-13H2,(H,23,27)/t20-,22?,35?/m0/s1. The highest BCUT2D eigenvalue weighted by molar-refractivity contribution is 7.86. The number of nitrogens with one attached hydrogen (secondary N) is 1. The number of rotatable bonds is 8. The molecule has 2 unspecified atom stereocenters. The number of amides is 2. The fourth-order valence-corrected chi connectivity index (χ4v) is 5.50. The number of hydrogen-bond donors (Lipinski definition) is 1. The maximum Gasteiger partial charge on any atom is 0.345 e. The number of non-ortho nitro benzene ring substituents is 1. The van der Waals surface area contributed by atoms with Gasteiger partial charge in [-0.1, -0.05) is 18.2 Å². The SMILES string of the molecule is O=C1CN2C(=O)C(NC(=O)COc3ccccc3)(C(=O)OCc3ccc([N+](=O)[O-])cc3)[C@@H]2S(=O)C1. The topological polar surface area (TPSA) is 162 Å². The lowest BCUT2D eigenvalue weighted by atomic mass is 9.87. The summed E-state index contributed by atoms with van der Waals surface area (Å²) in [5.41, 5.74) is -2.06. The van der Waals surface area contributed by atoms with Gasteiger partial charge in [-0.05, 0) is 29.8 Å². The first-order valence-electron chi connectivity index (χ1n) is 10.3. The monoisotopic (exact) mass is 501 g/mol. The molecule has 12 nitrogen and oxygen atoms in total. The molecule has 2 amide bonds. The Bertz CT molecular complexity index is 1220. The number of esters is 1. The van der Waals surface area contributed by atoms with Gasteiger partial charge in [-0.25, -0.2) is 4.79 Å². The number of ketones is 1. The van der Waals surface area contributed by atoms with Crippen LogP contribution in [0.5, 0.6) is 5.75 Å². The number of hydrogen-bond acceptors (Lipinski definition) is 9. The molecule has 35 heavy (non-hydrogen) atoms. The first-order chi connectivity index (χ1) is 16.7. The molecular weight excluding hydrogens is 482 g/mol. The lowest BCUT2D eigenvalue weighted by Crippen LogP contribution is -2.86. The van der Waals surface area contributed by atoms with Gasteiger partial charge in [0.25, 0.3) is 17.5 Å². The smallest absolute Gasteiger partial charge is 0.345 e. The molecular formula is C22H19N3O9S. The highest BCUT2D eigenvalue weighted by atomic mass is 32.2. The number of fused-ring (bicyclic) bond motifs is 1. The molecule has 0 aliphatic carbocycles. The van der Waals surface area contributed by atoms with Crippen molar-refractivity contribution in [2.45, 2.75) is 17.5 Å². The highest BCUT2D eigenvalue weighted by Gasteiger charge is 2.71. The third kappa shape index (κ3) is 4.62. The Labute approximate surface area is 200 Å². The number of para-hydroxylation sites is 1. The molecule has 0 radical (unpaired) electrons. The van der Waals surface area contributed by atoms with Crippen LogP contribution in [0.2, 0.25) is 0 Å². The average Bonchev–Trinajstić information content (AvgIpc) is 2.85. The lowest BCUT2D eigenvalue weighted by molar-refractivity contribution is -0.384. The summed E-state index contributed by atoms with van der Waals surface area (Å²) in [6.07, 6.45) is 0. The molecule has 2 heterocycles. The van der Waals surface area contributed by atoms with E-state index in [1.54, 1.807) is 30.3 Å². The van der Waals surface area contributed by atoms with Crippen molar-refractivity contribution in [3.63, 3.8) is 0 Å². The highest BCUT2D eigenvalue weighted by Crippen LogP contribution is 2.37. The number of nitro groups is 1. The van der Waals surface area contributed by atoms with Crippen LogP contribution in [0.1, 0.15) is 5.56 Å². The number of nitro benzene ring substituents is 1. The molecule has 3 atom stereocenters. The predicted octanol–water partition coefficient (Wildman–Crippen LogP) is 0.0717. The maximum absolute atomic E-state index is 13.1. The van der Waals surface area contributed by atoms with Gasteiger partial charge in [0.2, 0.25) is 5.54 Å². The molecule has 2 aromatic rings. The van der Waals surface area contributed by atoms with E-state index in [2.05, 4.69) is 5.32 Å². The van der Waals surface area contributed by atoms with Crippen molar-refractivity contribution in [1.82, 2.24) is 10.2 Å². The first-order valence-corrected chi connectivity index (χ1v) is 11.7. The molecule has 2 aliphatic heterocycles. The quantitative estimate of drug-likeness (QED) is 0.173. The molecule has 4 rings (SSSR count). The zero-order valence-corrected chi connectivity index (χ0v) is 18.9. The second-order valence-electron chi connectivity index (χ2n) is 7.81. The fourth-order valence-electron chi connectivity index (χ4n) is 3.83. The Hall–Kier alpha value is -4.13. The van der Waals surface area contributed by atoms with Crippen LogP contribution in [-0.2, 0) is 41.3 Å². The summed E-state index contributed by atoms with van der Waals surface area (Å²) >= 11 is 0. The molecule has 182 valence electrons. The van der Waals surface area contributed by atoms with Crippen molar-refractivity contribution in [3.05, 3.63) is 70.3 Å². The van der Waals surface area contributed by atoms with E-state index in [-0.39, 0.29) is 24.6 Å². The molecule has 0 bridgehead atoms. The summed E-state index contributed by atoms with van der Waals surface area (Å²) in [7, 11) is -1.96. The second kappa shape index (κ2) is 9.62. The van der Waals surface area contributed by atoms with E-state index >= 15 is 0 Å². The number of ether oxygens (including phenoxy) is 2. The van der Waals surface area contributed by atoms with E-state index in [1.165, 1.54) is 24.3 Å². The Morgan fingerprint density at radius 3 is 2.49 bits per heavy atom. The Balaban J connectivity index is 1.52. The van der Waals surface area contributed by atoms with Gasteiger partial charge in [0.05, 0.1) is 28.0 Å². The van der Waals surface area contributed by atoms with Crippen LogP contribution in [0.4, 0.5) is 5.69 Å². The number of nitrogens with zero attached hydrogens (tertiary/aromatic N) is 2. The Kier molecular flexibility index (Phi) is 6.60. The second-order valence-corrected chi connectivity index (χ2v) is 9.30. The van der Waals surface area contributed by atoms with E-state index in [0.29, 0.717) is 11.3 Å². The van der Waals surface area contributed by atoms with Crippen molar-refractivity contribution in [3.8, 4) is 5.75 Å².